The second-order valence-corrected chi connectivity index (χ2v) is 6.29. The lowest BCUT2D eigenvalue weighted by Crippen LogP contribution is -2.36. The van der Waals surface area contributed by atoms with Gasteiger partial charge in [0.2, 0.25) is 0 Å². The van der Waals surface area contributed by atoms with Gasteiger partial charge in [-0.05, 0) is 18.4 Å². The molecule has 1 heterocycles. The number of hydrogen-bond donors (Lipinski definition) is 1. The summed E-state index contributed by atoms with van der Waals surface area (Å²) in [6, 6.07) is 7.29. The molecule has 0 saturated heterocycles. The zero-order valence-electron chi connectivity index (χ0n) is 10.7. The molecule has 20 heavy (non-hydrogen) atoms. The van der Waals surface area contributed by atoms with Gasteiger partial charge in [-0.2, -0.15) is 0 Å². The summed E-state index contributed by atoms with van der Waals surface area (Å²) in [7, 11) is 0. The fraction of sp³-hybridized carbons (Fsp3) is 0.286. The molecule has 1 aromatic carbocycles. The van der Waals surface area contributed by atoms with Gasteiger partial charge < -0.3 is 0 Å². The minimum atomic E-state index is -0.440. The largest absolute Gasteiger partial charge is 0.329 e. The Kier molecular flexibility index (Phi) is 3.34. The molecule has 0 amide bonds. The van der Waals surface area contributed by atoms with Crippen LogP contribution in [0.4, 0.5) is 0 Å². The van der Waals surface area contributed by atoms with E-state index in [2.05, 4.69) is 20.9 Å². The van der Waals surface area contributed by atoms with E-state index in [1.54, 1.807) is 6.07 Å². The summed E-state index contributed by atoms with van der Waals surface area (Å²) in [4.78, 5) is 27.2. The van der Waals surface area contributed by atoms with Crippen molar-refractivity contribution < 1.29 is 0 Å². The third-order valence-corrected chi connectivity index (χ3v) is 4.60. The highest BCUT2D eigenvalue weighted by molar-refractivity contribution is 9.10. The van der Waals surface area contributed by atoms with E-state index in [1.165, 1.54) is 4.57 Å². The van der Waals surface area contributed by atoms with Gasteiger partial charge in [0.15, 0.2) is 0 Å². The lowest BCUT2D eigenvalue weighted by atomic mass is 10.1. The molecule has 0 spiro atoms. The first-order valence-electron chi connectivity index (χ1n) is 6.30. The van der Waals surface area contributed by atoms with Crippen LogP contribution >= 0.6 is 27.5 Å². The van der Waals surface area contributed by atoms with Gasteiger partial charge in [-0.1, -0.05) is 52.7 Å². The molecule has 0 aliphatic heterocycles. The number of aromatic amines is 1. The molecule has 104 valence electrons. The molecule has 1 aliphatic carbocycles. The lowest BCUT2D eigenvalue weighted by Gasteiger charge is -2.10. The van der Waals surface area contributed by atoms with E-state index in [4.69, 9.17) is 11.6 Å². The lowest BCUT2D eigenvalue weighted by molar-refractivity contribution is 0.619. The van der Waals surface area contributed by atoms with E-state index >= 15 is 0 Å². The summed E-state index contributed by atoms with van der Waals surface area (Å²) >= 11 is 9.50. The van der Waals surface area contributed by atoms with Crippen molar-refractivity contribution in [3.63, 3.8) is 0 Å². The smallest absolute Gasteiger partial charge is 0.297 e. The Morgan fingerprint density at radius 3 is 2.60 bits per heavy atom. The van der Waals surface area contributed by atoms with Crippen molar-refractivity contribution in [3.05, 3.63) is 54.7 Å². The van der Waals surface area contributed by atoms with Gasteiger partial charge in [-0.25, -0.2) is 4.79 Å². The van der Waals surface area contributed by atoms with Gasteiger partial charge >= 0.3 is 5.69 Å². The second-order valence-electron chi connectivity index (χ2n) is 5.05. The molecule has 0 bridgehead atoms. The number of rotatable bonds is 2. The number of halogens is 2. The molecule has 2 aromatic rings. The van der Waals surface area contributed by atoms with Gasteiger partial charge in [0.1, 0.15) is 5.15 Å². The number of nitrogens with zero attached hydrogens (tertiary/aromatic N) is 1. The van der Waals surface area contributed by atoms with Crippen LogP contribution in [0.25, 0.3) is 11.1 Å². The van der Waals surface area contributed by atoms with Crippen molar-refractivity contribution in [1.29, 1.82) is 0 Å². The SMILES string of the molecule is CC1CC1n1c(=O)[nH]c(Cl)c(-c2ccccc2Br)c1=O. The third kappa shape index (κ3) is 2.15. The molecule has 2 unspecified atom stereocenters. The predicted octanol–water partition coefficient (Wildman–Crippen LogP) is 3.20. The highest BCUT2D eigenvalue weighted by Gasteiger charge is 2.37. The van der Waals surface area contributed by atoms with E-state index in [1.807, 2.05) is 25.1 Å². The molecule has 3 rings (SSSR count). The standard InChI is InChI=1S/C14H12BrClN2O2/c1-7-6-10(7)18-13(19)11(12(16)17-14(18)20)8-4-2-3-5-9(8)15/h2-5,7,10H,6H2,1H3,(H,17,20). The number of H-pyrrole nitrogens is 1. The summed E-state index contributed by atoms with van der Waals surface area (Å²) in [5.74, 6) is 0.349. The Morgan fingerprint density at radius 1 is 1.35 bits per heavy atom. The first kappa shape index (κ1) is 13.6. The minimum Gasteiger partial charge on any atom is -0.297 e. The summed E-state index contributed by atoms with van der Waals surface area (Å²) < 4.78 is 2.05. The van der Waals surface area contributed by atoms with Crippen LogP contribution in [0.2, 0.25) is 5.15 Å². The highest BCUT2D eigenvalue weighted by Crippen LogP contribution is 2.41. The van der Waals surface area contributed by atoms with E-state index in [-0.39, 0.29) is 16.8 Å². The fourth-order valence-corrected chi connectivity index (χ4v) is 3.13. The van der Waals surface area contributed by atoms with Crippen LogP contribution in [-0.4, -0.2) is 9.55 Å². The van der Waals surface area contributed by atoms with E-state index in [9.17, 15) is 9.59 Å². The van der Waals surface area contributed by atoms with Gasteiger partial charge in [0.05, 0.1) is 5.56 Å². The maximum absolute atomic E-state index is 12.6. The van der Waals surface area contributed by atoms with Gasteiger partial charge in [0, 0.05) is 16.1 Å². The van der Waals surface area contributed by atoms with Crippen molar-refractivity contribution in [3.8, 4) is 11.1 Å². The Morgan fingerprint density at radius 2 is 2.00 bits per heavy atom. The van der Waals surface area contributed by atoms with Crippen molar-refractivity contribution in [2.45, 2.75) is 19.4 Å². The normalized spacial score (nSPS) is 20.9. The van der Waals surface area contributed by atoms with Crippen molar-refractivity contribution in [2.75, 3.05) is 0 Å². The highest BCUT2D eigenvalue weighted by atomic mass is 79.9. The summed E-state index contributed by atoms with van der Waals surface area (Å²) in [5.41, 5.74) is 0.240. The van der Waals surface area contributed by atoms with Gasteiger partial charge in [-0.3, -0.25) is 14.3 Å². The molecule has 1 aliphatic rings. The molecule has 1 aromatic heterocycles. The van der Waals surface area contributed by atoms with Crippen LogP contribution in [0.15, 0.2) is 38.3 Å². The quantitative estimate of drug-likeness (QED) is 0.841. The van der Waals surface area contributed by atoms with Crippen molar-refractivity contribution in [2.24, 2.45) is 5.92 Å². The average Bonchev–Trinajstić information content (AvgIpc) is 3.08. The Bertz CT molecular complexity index is 796. The number of hydrogen-bond acceptors (Lipinski definition) is 2. The summed E-state index contributed by atoms with van der Waals surface area (Å²) in [6.07, 6.45) is 0.847. The monoisotopic (exact) mass is 354 g/mol. The molecular formula is C14H12BrClN2O2. The zero-order chi connectivity index (χ0) is 14.4. The molecule has 0 radical (unpaired) electrons. The Balaban J connectivity index is 2.30. The predicted molar refractivity (Wildman–Crippen MR) is 82.3 cm³/mol. The van der Waals surface area contributed by atoms with Crippen LogP contribution < -0.4 is 11.2 Å². The van der Waals surface area contributed by atoms with Crippen LogP contribution in [0.5, 0.6) is 0 Å². The molecule has 4 nitrogen and oxygen atoms in total. The first-order valence-corrected chi connectivity index (χ1v) is 7.47. The average molecular weight is 356 g/mol. The van der Waals surface area contributed by atoms with Crippen LogP contribution in [0.1, 0.15) is 19.4 Å². The molecule has 1 fully saturated rings. The molecule has 2 atom stereocenters. The number of aromatic nitrogens is 2. The molecular weight excluding hydrogens is 344 g/mol. The summed E-state index contributed by atoms with van der Waals surface area (Å²) in [6.45, 7) is 2.02. The van der Waals surface area contributed by atoms with E-state index < -0.39 is 5.69 Å². The number of benzene rings is 1. The molecule has 6 heteroatoms. The fourth-order valence-electron chi connectivity index (χ4n) is 2.38. The maximum Gasteiger partial charge on any atom is 0.329 e. The van der Waals surface area contributed by atoms with Crippen LogP contribution in [-0.2, 0) is 0 Å². The van der Waals surface area contributed by atoms with E-state index in [0.29, 0.717) is 17.0 Å². The van der Waals surface area contributed by atoms with Crippen LogP contribution in [0.3, 0.4) is 0 Å². The first-order chi connectivity index (χ1) is 9.50. The van der Waals surface area contributed by atoms with Gasteiger partial charge in [0.25, 0.3) is 5.56 Å². The molecule has 1 saturated carbocycles. The topological polar surface area (TPSA) is 54.9 Å². The second kappa shape index (κ2) is 4.90. The summed E-state index contributed by atoms with van der Waals surface area (Å²) in [5, 5.41) is 0.0800. The van der Waals surface area contributed by atoms with Crippen molar-refractivity contribution in [1.82, 2.24) is 9.55 Å². The maximum atomic E-state index is 12.6. The zero-order valence-corrected chi connectivity index (χ0v) is 13.0. The Hall–Kier alpha value is -1.33. The van der Waals surface area contributed by atoms with Crippen LogP contribution in [0, 0.1) is 5.92 Å². The third-order valence-electron chi connectivity index (χ3n) is 3.63. The van der Waals surface area contributed by atoms with Gasteiger partial charge in [-0.15, -0.1) is 0 Å². The van der Waals surface area contributed by atoms with Crippen molar-refractivity contribution >= 4 is 27.5 Å². The molecule has 1 N–H and O–H groups in total. The Labute approximate surface area is 128 Å². The number of nitrogens with one attached hydrogen (secondary N) is 1. The minimum absolute atomic E-state index is 0.0234. The van der Waals surface area contributed by atoms with E-state index in [0.717, 1.165) is 10.9 Å².